The van der Waals surface area contributed by atoms with Crippen LogP contribution in [-0.4, -0.2) is 24.3 Å². The van der Waals surface area contributed by atoms with E-state index in [9.17, 15) is 18.0 Å². The molecule has 0 aromatic heterocycles. The minimum Gasteiger partial charge on any atom is -0.336 e. The molecule has 21 heavy (non-hydrogen) atoms. The monoisotopic (exact) mass is 308 g/mol. The van der Waals surface area contributed by atoms with Crippen molar-refractivity contribution in [1.29, 1.82) is 0 Å². The molecule has 3 nitrogen and oxygen atoms in total. The molecule has 124 valence electrons. The van der Waals surface area contributed by atoms with Crippen molar-refractivity contribution in [2.45, 2.75) is 77.6 Å². The number of urea groups is 1. The quantitative estimate of drug-likeness (QED) is 0.784. The summed E-state index contributed by atoms with van der Waals surface area (Å²) in [5.41, 5.74) is 0. The zero-order chi connectivity index (χ0) is 16.0. The number of rotatable bonds is 5. The smallest absolute Gasteiger partial charge is 0.336 e. The van der Waals surface area contributed by atoms with Gasteiger partial charge in [-0.2, -0.15) is 13.2 Å². The predicted molar refractivity (Wildman–Crippen MR) is 77.0 cm³/mol. The first-order chi connectivity index (χ1) is 9.68. The zero-order valence-electron chi connectivity index (χ0n) is 13.1. The molecule has 3 unspecified atom stereocenters. The lowest BCUT2D eigenvalue weighted by atomic mass is 9.85. The molecule has 1 saturated carbocycles. The largest absolute Gasteiger partial charge is 0.391 e. The van der Waals surface area contributed by atoms with Gasteiger partial charge in [0.05, 0.1) is 5.92 Å². The van der Waals surface area contributed by atoms with Gasteiger partial charge in [-0.1, -0.05) is 20.3 Å². The van der Waals surface area contributed by atoms with Crippen molar-refractivity contribution in [3.05, 3.63) is 0 Å². The lowest BCUT2D eigenvalue weighted by Crippen LogP contribution is -2.48. The Hall–Kier alpha value is -0.940. The van der Waals surface area contributed by atoms with Gasteiger partial charge in [-0.3, -0.25) is 0 Å². The molecule has 0 aromatic carbocycles. The summed E-state index contributed by atoms with van der Waals surface area (Å²) in [5, 5.41) is 5.49. The number of nitrogens with one attached hydrogen (secondary N) is 2. The van der Waals surface area contributed by atoms with Crippen LogP contribution >= 0.6 is 0 Å². The number of hydrogen-bond donors (Lipinski definition) is 2. The summed E-state index contributed by atoms with van der Waals surface area (Å²) < 4.78 is 38.1. The van der Waals surface area contributed by atoms with Crippen LogP contribution in [0.5, 0.6) is 0 Å². The third-order valence-electron chi connectivity index (χ3n) is 4.03. The molecule has 1 rings (SSSR count). The molecule has 0 radical (unpaired) electrons. The van der Waals surface area contributed by atoms with Crippen molar-refractivity contribution in [1.82, 2.24) is 10.6 Å². The summed E-state index contributed by atoms with van der Waals surface area (Å²) >= 11 is 0. The Kier molecular flexibility index (Phi) is 6.81. The van der Waals surface area contributed by atoms with Gasteiger partial charge in [0.25, 0.3) is 0 Å². The van der Waals surface area contributed by atoms with Gasteiger partial charge in [0, 0.05) is 12.1 Å². The highest BCUT2D eigenvalue weighted by Crippen LogP contribution is 2.37. The molecule has 1 aliphatic rings. The average Bonchev–Trinajstić information content (AvgIpc) is 2.35. The molecule has 0 heterocycles. The summed E-state index contributed by atoms with van der Waals surface area (Å²) in [5.74, 6) is -0.710. The van der Waals surface area contributed by atoms with E-state index in [4.69, 9.17) is 0 Å². The van der Waals surface area contributed by atoms with E-state index in [0.717, 1.165) is 12.8 Å². The van der Waals surface area contributed by atoms with E-state index >= 15 is 0 Å². The van der Waals surface area contributed by atoms with Crippen LogP contribution in [-0.2, 0) is 0 Å². The average molecular weight is 308 g/mol. The van der Waals surface area contributed by atoms with Gasteiger partial charge < -0.3 is 10.6 Å². The Morgan fingerprint density at radius 1 is 1.19 bits per heavy atom. The van der Waals surface area contributed by atoms with Gasteiger partial charge in [0.1, 0.15) is 0 Å². The molecule has 0 saturated heterocycles. The topological polar surface area (TPSA) is 41.1 Å². The standard InChI is InChI=1S/C15H27F3N2O/c1-10(2)7-8-11(3)19-14(21)20-13-6-4-5-12(9-13)15(16,17)18/h10-13H,4-9H2,1-3H3,(H2,19,20,21). The molecule has 2 N–H and O–H groups in total. The van der Waals surface area contributed by atoms with Crippen molar-refractivity contribution in [2.24, 2.45) is 11.8 Å². The van der Waals surface area contributed by atoms with Crippen LogP contribution < -0.4 is 10.6 Å². The first kappa shape index (κ1) is 18.1. The lowest BCUT2D eigenvalue weighted by molar-refractivity contribution is -0.183. The van der Waals surface area contributed by atoms with Crippen molar-refractivity contribution >= 4 is 6.03 Å². The second-order valence-corrected chi connectivity index (χ2v) is 6.59. The minimum atomic E-state index is -4.15. The third-order valence-corrected chi connectivity index (χ3v) is 4.03. The van der Waals surface area contributed by atoms with Gasteiger partial charge in [-0.15, -0.1) is 0 Å². The van der Waals surface area contributed by atoms with Crippen LogP contribution in [0.25, 0.3) is 0 Å². The number of hydrogen-bond acceptors (Lipinski definition) is 1. The number of alkyl halides is 3. The summed E-state index contributed by atoms with van der Waals surface area (Å²) in [7, 11) is 0. The zero-order valence-corrected chi connectivity index (χ0v) is 13.1. The Bertz CT molecular complexity index is 331. The normalized spacial score (nSPS) is 24.7. The van der Waals surface area contributed by atoms with Gasteiger partial charge in [0.15, 0.2) is 0 Å². The van der Waals surface area contributed by atoms with Crippen LogP contribution in [0.3, 0.4) is 0 Å². The molecule has 3 atom stereocenters. The van der Waals surface area contributed by atoms with Gasteiger partial charge >= 0.3 is 12.2 Å². The minimum absolute atomic E-state index is 0.00268. The van der Waals surface area contributed by atoms with E-state index in [1.165, 1.54) is 0 Å². The first-order valence-corrected chi connectivity index (χ1v) is 7.82. The fourth-order valence-corrected chi connectivity index (χ4v) is 2.72. The van der Waals surface area contributed by atoms with Crippen LogP contribution in [0.1, 0.15) is 59.3 Å². The molecular weight excluding hydrogens is 281 g/mol. The Balaban J connectivity index is 2.33. The van der Waals surface area contributed by atoms with Crippen LogP contribution in [0, 0.1) is 11.8 Å². The van der Waals surface area contributed by atoms with Crippen LogP contribution in [0.15, 0.2) is 0 Å². The third kappa shape index (κ3) is 7.05. The second-order valence-electron chi connectivity index (χ2n) is 6.59. The fourth-order valence-electron chi connectivity index (χ4n) is 2.72. The van der Waals surface area contributed by atoms with Crippen molar-refractivity contribution in [3.63, 3.8) is 0 Å². The Labute approximate surface area is 125 Å². The summed E-state index contributed by atoms with van der Waals surface area (Å²) in [6.07, 6.45) is -0.951. The van der Waals surface area contributed by atoms with Crippen LogP contribution in [0.2, 0.25) is 0 Å². The molecule has 1 fully saturated rings. The predicted octanol–water partition coefficient (Wildman–Crippen LogP) is 4.23. The van der Waals surface area contributed by atoms with Crippen LogP contribution in [0.4, 0.5) is 18.0 Å². The molecule has 0 aliphatic heterocycles. The highest BCUT2D eigenvalue weighted by Gasteiger charge is 2.42. The van der Waals surface area contributed by atoms with Gasteiger partial charge in [-0.25, -0.2) is 4.79 Å². The summed E-state index contributed by atoms with van der Waals surface area (Å²) in [6, 6.07) is -0.684. The number of carbonyl (C=O) groups excluding carboxylic acids is 1. The van der Waals surface area contributed by atoms with Gasteiger partial charge in [0.2, 0.25) is 0 Å². The summed E-state index contributed by atoms with van der Waals surface area (Å²) in [6.45, 7) is 6.15. The molecular formula is C15H27F3N2O. The lowest BCUT2D eigenvalue weighted by Gasteiger charge is -2.31. The first-order valence-electron chi connectivity index (χ1n) is 7.82. The number of amides is 2. The summed E-state index contributed by atoms with van der Waals surface area (Å²) in [4.78, 5) is 11.8. The number of halogens is 3. The van der Waals surface area contributed by atoms with Gasteiger partial charge in [-0.05, 0) is 44.9 Å². The maximum atomic E-state index is 12.7. The fraction of sp³-hybridized carbons (Fsp3) is 0.933. The number of carbonyl (C=O) groups is 1. The van der Waals surface area contributed by atoms with E-state index in [-0.39, 0.29) is 31.0 Å². The Morgan fingerprint density at radius 2 is 1.86 bits per heavy atom. The van der Waals surface area contributed by atoms with Crippen molar-refractivity contribution in [2.75, 3.05) is 0 Å². The van der Waals surface area contributed by atoms with E-state index in [2.05, 4.69) is 24.5 Å². The Morgan fingerprint density at radius 3 is 2.43 bits per heavy atom. The van der Waals surface area contributed by atoms with E-state index in [0.29, 0.717) is 18.8 Å². The highest BCUT2D eigenvalue weighted by molar-refractivity contribution is 5.74. The van der Waals surface area contributed by atoms with E-state index in [1.54, 1.807) is 0 Å². The van der Waals surface area contributed by atoms with E-state index < -0.39 is 12.1 Å². The van der Waals surface area contributed by atoms with Crippen molar-refractivity contribution < 1.29 is 18.0 Å². The molecule has 2 amide bonds. The molecule has 1 aliphatic carbocycles. The molecule has 0 bridgehead atoms. The maximum absolute atomic E-state index is 12.7. The van der Waals surface area contributed by atoms with E-state index in [1.807, 2.05) is 6.92 Å². The maximum Gasteiger partial charge on any atom is 0.391 e. The second kappa shape index (κ2) is 7.90. The molecule has 6 heteroatoms. The highest BCUT2D eigenvalue weighted by atomic mass is 19.4. The van der Waals surface area contributed by atoms with Crippen molar-refractivity contribution in [3.8, 4) is 0 Å². The SMILES string of the molecule is CC(C)CCC(C)NC(=O)NC1CCCC(C(F)(F)F)C1. The molecule has 0 aromatic rings. The molecule has 0 spiro atoms.